The highest BCUT2D eigenvalue weighted by atomic mass is 32.2. The summed E-state index contributed by atoms with van der Waals surface area (Å²) in [5.41, 5.74) is 3.65. The summed E-state index contributed by atoms with van der Waals surface area (Å²) in [6, 6.07) is 19.0. The highest BCUT2D eigenvalue weighted by Gasteiger charge is 2.32. The van der Waals surface area contributed by atoms with Crippen molar-refractivity contribution in [3.63, 3.8) is 0 Å². The Morgan fingerprint density at radius 3 is 2.29 bits per heavy atom. The molecule has 0 aliphatic carbocycles. The number of aryl methyl sites for hydroxylation is 1. The first-order valence-corrected chi connectivity index (χ1v) is 12.5. The van der Waals surface area contributed by atoms with Crippen LogP contribution in [0.3, 0.4) is 0 Å². The zero-order valence-corrected chi connectivity index (χ0v) is 18.9. The molecule has 1 aliphatic heterocycles. The zero-order valence-electron chi connectivity index (χ0n) is 17.2. The van der Waals surface area contributed by atoms with Crippen LogP contribution in [0.2, 0.25) is 0 Å². The third-order valence-corrected chi connectivity index (χ3v) is 8.70. The summed E-state index contributed by atoms with van der Waals surface area (Å²) >= 11 is 1.22. The first-order valence-electron chi connectivity index (χ1n) is 10.2. The van der Waals surface area contributed by atoms with Crippen LogP contribution in [0.1, 0.15) is 18.4 Å². The summed E-state index contributed by atoms with van der Waals surface area (Å²) in [5.74, 6) is -0.298. The highest BCUT2D eigenvalue weighted by molar-refractivity contribution is 7.91. The second kappa shape index (κ2) is 9.21. The summed E-state index contributed by atoms with van der Waals surface area (Å²) in [6.07, 6.45) is 1.01. The predicted molar refractivity (Wildman–Crippen MR) is 125 cm³/mol. The average molecular weight is 456 g/mol. The molecule has 31 heavy (non-hydrogen) atoms. The minimum absolute atomic E-state index is 0.0775. The topological polar surface area (TPSA) is 78.5 Å². The lowest BCUT2D eigenvalue weighted by Gasteiger charge is -2.30. The van der Waals surface area contributed by atoms with Crippen LogP contribution >= 0.6 is 11.3 Å². The molecule has 2 N–H and O–H groups in total. The van der Waals surface area contributed by atoms with Gasteiger partial charge in [-0.3, -0.25) is 4.79 Å². The summed E-state index contributed by atoms with van der Waals surface area (Å²) in [7, 11) is -3.46. The van der Waals surface area contributed by atoms with Gasteiger partial charge in [-0.1, -0.05) is 35.9 Å². The molecule has 2 aromatic carbocycles. The molecule has 162 valence electrons. The number of piperidine rings is 1. The van der Waals surface area contributed by atoms with Crippen molar-refractivity contribution >= 4 is 44.3 Å². The van der Waals surface area contributed by atoms with Gasteiger partial charge in [0.1, 0.15) is 4.21 Å². The van der Waals surface area contributed by atoms with Gasteiger partial charge in [-0.15, -0.1) is 11.3 Å². The number of amides is 1. The number of benzene rings is 2. The normalized spacial score (nSPS) is 15.5. The van der Waals surface area contributed by atoms with E-state index in [2.05, 4.69) is 10.6 Å². The third-order valence-electron chi connectivity index (χ3n) is 5.43. The lowest BCUT2D eigenvalue weighted by molar-refractivity contribution is -0.120. The van der Waals surface area contributed by atoms with Crippen molar-refractivity contribution in [1.29, 1.82) is 0 Å². The molecule has 1 aliphatic rings. The molecule has 6 nitrogen and oxygen atoms in total. The third kappa shape index (κ3) is 4.98. The Morgan fingerprint density at radius 2 is 1.65 bits per heavy atom. The Kier molecular flexibility index (Phi) is 6.41. The van der Waals surface area contributed by atoms with Gasteiger partial charge in [-0.25, -0.2) is 8.42 Å². The number of thiophene rings is 1. The molecule has 0 bridgehead atoms. The van der Waals surface area contributed by atoms with Crippen molar-refractivity contribution in [2.75, 3.05) is 23.7 Å². The molecular weight excluding hydrogens is 430 g/mol. The van der Waals surface area contributed by atoms with E-state index in [1.165, 1.54) is 21.2 Å². The van der Waals surface area contributed by atoms with Gasteiger partial charge in [0.25, 0.3) is 10.0 Å². The molecule has 1 aromatic heterocycles. The van der Waals surface area contributed by atoms with E-state index in [-0.39, 0.29) is 11.8 Å². The molecule has 1 fully saturated rings. The predicted octanol–water partition coefficient (Wildman–Crippen LogP) is 4.84. The number of rotatable bonds is 6. The Labute approximate surface area is 187 Å². The van der Waals surface area contributed by atoms with Crippen LogP contribution in [0.5, 0.6) is 0 Å². The standard InChI is InChI=1S/C23H25N3O3S2/c1-17-8-10-19(11-9-17)24-20-5-2-3-6-21(20)25-23(27)18-12-14-26(15-13-18)31(28,29)22-7-4-16-30-22/h2-11,16,18,24H,12-15H2,1H3,(H,25,27). The largest absolute Gasteiger partial charge is 0.354 e. The minimum atomic E-state index is -3.46. The SMILES string of the molecule is Cc1ccc(Nc2ccccc2NC(=O)C2CCN(S(=O)(=O)c3cccs3)CC2)cc1. The van der Waals surface area contributed by atoms with Crippen molar-refractivity contribution in [3.8, 4) is 0 Å². The Morgan fingerprint density at radius 1 is 0.968 bits per heavy atom. The molecule has 0 spiro atoms. The number of hydrogen-bond donors (Lipinski definition) is 2. The van der Waals surface area contributed by atoms with Gasteiger partial charge < -0.3 is 10.6 Å². The number of carbonyl (C=O) groups is 1. The second-order valence-electron chi connectivity index (χ2n) is 7.64. The van der Waals surface area contributed by atoms with Gasteiger partial charge in [-0.2, -0.15) is 4.31 Å². The van der Waals surface area contributed by atoms with Crippen LogP contribution in [0.25, 0.3) is 0 Å². The molecule has 0 saturated carbocycles. The van der Waals surface area contributed by atoms with Crippen LogP contribution in [0, 0.1) is 12.8 Å². The molecule has 3 aromatic rings. The van der Waals surface area contributed by atoms with E-state index in [0.29, 0.717) is 35.8 Å². The Balaban J connectivity index is 1.39. The first-order chi connectivity index (χ1) is 14.9. The van der Waals surface area contributed by atoms with E-state index in [0.717, 1.165) is 11.4 Å². The summed E-state index contributed by atoms with van der Waals surface area (Å²) in [6.45, 7) is 2.73. The van der Waals surface area contributed by atoms with Crippen LogP contribution in [0.4, 0.5) is 17.1 Å². The fourth-order valence-electron chi connectivity index (χ4n) is 3.62. The number of anilines is 3. The van der Waals surface area contributed by atoms with Crippen molar-refractivity contribution in [1.82, 2.24) is 4.31 Å². The van der Waals surface area contributed by atoms with E-state index in [9.17, 15) is 13.2 Å². The molecule has 2 heterocycles. The number of sulfonamides is 1. The van der Waals surface area contributed by atoms with Crippen LogP contribution < -0.4 is 10.6 Å². The molecule has 1 amide bonds. The second-order valence-corrected chi connectivity index (χ2v) is 10.7. The number of nitrogens with zero attached hydrogens (tertiary/aromatic N) is 1. The summed E-state index contributed by atoms with van der Waals surface area (Å²) in [5, 5.41) is 8.13. The Hall–Kier alpha value is -2.68. The van der Waals surface area contributed by atoms with Crippen molar-refractivity contribution < 1.29 is 13.2 Å². The lowest BCUT2D eigenvalue weighted by Crippen LogP contribution is -2.41. The monoisotopic (exact) mass is 455 g/mol. The lowest BCUT2D eigenvalue weighted by atomic mass is 9.97. The van der Waals surface area contributed by atoms with E-state index in [1.807, 2.05) is 55.5 Å². The average Bonchev–Trinajstić information content (AvgIpc) is 3.33. The molecule has 8 heteroatoms. The fourth-order valence-corrected chi connectivity index (χ4v) is 6.24. The van der Waals surface area contributed by atoms with Crippen LogP contribution in [-0.2, 0) is 14.8 Å². The van der Waals surface area contributed by atoms with Gasteiger partial charge in [0.2, 0.25) is 5.91 Å². The van der Waals surface area contributed by atoms with E-state index in [4.69, 9.17) is 0 Å². The van der Waals surface area contributed by atoms with E-state index >= 15 is 0 Å². The Bertz CT molecular complexity index is 1140. The van der Waals surface area contributed by atoms with Crippen molar-refractivity contribution in [2.24, 2.45) is 5.92 Å². The molecule has 0 unspecified atom stereocenters. The molecule has 1 saturated heterocycles. The van der Waals surface area contributed by atoms with Crippen LogP contribution in [-0.4, -0.2) is 31.7 Å². The first kappa shape index (κ1) is 21.5. The summed E-state index contributed by atoms with van der Waals surface area (Å²) in [4.78, 5) is 12.9. The smallest absolute Gasteiger partial charge is 0.252 e. The van der Waals surface area contributed by atoms with Gasteiger partial charge >= 0.3 is 0 Å². The zero-order chi connectivity index (χ0) is 21.8. The van der Waals surface area contributed by atoms with E-state index < -0.39 is 10.0 Å². The van der Waals surface area contributed by atoms with Gasteiger partial charge in [0.05, 0.1) is 11.4 Å². The molecule has 0 atom stereocenters. The maximum Gasteiger partial charge on any atom is 0.252 e. The molecule has 4 rings (SSSR count). The van der Waals surface area contributed by atoms with Gasteiger partial charge in [0.15, 0.2) is 0 Å². The minimum Gasteiger partial charge on any atom is -0.354 e. The summed E-state index contributed by atoms with van der Waals surface area (Å²) < 4.78 is 27.2. The van der Waals surface area contributed by atoms with Gasteiger partial charge in [-0.05, 0) is 55.5 Å². The number of nitrogens with one attached hydrogen (secondary N) is 2. The fraction of sp³-hybridized carbons (Fsp3) is 0.261. The molecular formula is C23H25N3O3S2. The number of carbonyl (C=O) groups excluding carboxylic acids is 1. The quantitative estimate of drug-likeness (QED) is 0.558. The van der Waals surface area contributed by atoms with Crippen molar-refractivity contribution in [2.45, 2.75) is 24.0 Å². The van der Waals surface area contributed by atoms with Crippen molar-refractivity contribution in [3.05, 3.63) is 71.6 Å². The van der Waals surface area contributed by atoms with Gasteiger partial charge in [0, 0.05) is 24.7 Å². The number of hydrogen-bond acceptors (Lipinski definition) is 5. The molecule has 0 radical (unpaired) electrons. The van der Waals surface area contributed by atoms with Crippen LogP contribution in [0.15, 0.2) is 70.3 Å². The maximum absolute atomic E-state index is 12.9. The maximum atomic E-state index is 12.9. The van der Waals surface area contributed by atoms with E-state index in [1.54, 1.807) is 17.5 Å². The number of para-hydroxylation sites is 2. The highest BCUT2D eigenvalue weighted by Crippen LogP contribution is 2.29.